The fourth-order valence-corrected chi connectivity index (χ4v) is 2.99. The second-order valence-corrected chi connectivity index (χ2v) is 8.26. The third-order valence-corrected chi connectivity index (χ3v) is 4.75. The van der Waals surface area contributed by atoms with Crippen molar-refractivity contribution in [2.24, 2.45) is 0 Å². The zero-order valence-electron chi connectivity index (χ0n) is 18.6. The summed E-state index contributed by atoms with van der Waals surface area (Å²) >= 11 is 0. The molecule has 0 spiro atoms. The predicted octanol–water partition coefficient (Wildman–Crippen LogP) is 3.66. The van der Waals surface area contributed by atoms with Gasteiger partial charge in [-0.05, 0) is 19.1 Å². The number of H-pyrrole nitrogens is 1. The number of rotatable bonds is 5. The van der Waals surface area contributed by atoms with Crippen LogP contribution in [0, 0.1) is 6.92 Å². The number of hydrogen-bond acceptors (Lipinski definition) is 9. The average molecular weight is 432 g/mol. The van der Waals surface area contributed by atoms with Gasteiger partial charge in [-0.2, -0.15) is 0 Å². The molecule has 32 heavy (non-hydrogen) atoms. The Morgan fingerprint density at radius 1 is 1.00 bits per heavy atom. The third-order valence-electron chi connectivity index (χ3n) is 4.75. The molecule has 4 aromatic rings. The molecule has 4 N–H and O–H groups in total. The molecule has 0 atom stereocenters. The molecule has 164 valence electrons. The number of anilines is 3. The van der Waals surface area contributed by atoms with Crippen LogP contribution in [-0.2, 0) is 5.41 Å². The van der Waals surface area contributed by atoms with Gasteiger partial charge in [-0.1, -0.05) is 20.8 Å². The van der Waals surface area contributed by atoms with E-state index in [1.807, 2.05) is 19.1 Å². The van der Waals surface area contributed by atoms with Crippen LogP contribution in [0.25, 0.3) is 22.8 Å². The van der Waals surface area contributed by atoms with Crippen LogP contribution >= 0.6 is 0 Å². The van der Waals surface area contributed by atoms with E-state index in [1.54, 1.807) is 31.8 Å². The summed E-state index contributed by atoms with van der Waals surface area (Å²) < 4.78 is 5.18. The first kappa shape index (κ1) is 21.2. The summed E-state index contributed by atoms with van der Waals surface area (Å²) in [7, 11) is 1.57. The van der Waals surface area contributed by atoms with E-state index in [9.17, 15) is 0 Å². The van der Waals surface area contributed by atoms with E-state index in [0.29, 0.717) is 40.4 Å². The Hall–Kier alpha value is -4.08. The molecule has 0 aliphatic heterocycles. The third kappa shape index (κ3) is 4.34. The molecule has 0 unspecified atom stereocenters. The molecule has 10 nitrogen and oxygen atoms in total. The van der Waals surface area contributed by atoms with Crippen molar-refractivity contribution in [1.82, 2.24) is 34.9 Å². The minimum absolute atomic E-state index is 0.203. The molecule has 0 aliphatic carbocycles. The highest BCUT2D eigenvalue weighted by Gasteiger charge is 2.24. The molecule has 4 aromatic heterocycles. The molecule has 0 fully saturated rings. The normalized spacial score (nSPS) is 11.4. The Balaban J connectivity index is 1.77. The molecular weight excluding hydrogens is 406 g/mol. The number of aromatic nitrogens is 7. The lowest BCUT2D eigenvalue weighted by Crippen LogP contribution is -2.13. The van der Waals surface area contributed by atoms with Gasteiger partial charge in [0.25, 0.3) is 0 Å². The first-order chi connectivity index (χ1) is 15.2. The topological polar surface area (TPSA) is 140 Å². The molecule has 0 aromatic carbocycles. The van der Waals surface area contributed by atoms with E-state index in [-0.39, 0.29) is 5.41 Å². The van der Waals surface area contributed by atoms with Crippen LogP contribution in [0.5, 0.6) is 5.88 Å². The van der Waals surface area contributed by atoms with Gasteiger partial charge in [-0.25, -0.2) is 29.9 Å². The lowest BCUT2D eigenvalue weighted by Gasteiger charge is -2.14. The summed E-state index contributed by atoms with van der Waals surface area (Å²) in [4.78, 5) is 30.2. The van der Waals surface area contributed by atoms with Crippen LogP contribution in [0.4, 0.5) is 17.5 Å². The van der Waals surface area contributed by atoms with E-state index in [2.05, 4.69) is 56.0 Å². The van der Waals surface area contributed by atoms with Gasteiger partial charge in [0.15, 0.2) is 0 Å². The first-order valence-electron chi connectivity index (χ1n) is 10.0. The fourth-order valence-electron chi connectivity index (χ4n) is 2.99. The Kier molecular flexibility index (Phi) is 5.43. The highest BCUT2D eigenvalue weighted by atomic mass is 16.5. The molecule has 4 rings (SSSR count). The highest BCUT2D eigenvalue weighted by molar-refractivity contribution is 5.75. The van der Waals surface area contributed by atoms with Crippen molar-refractivity contribution in [1.29, 1.82) is 0 Å². The summed E-state index contributed by atoms with van der Waals surface area (Å²) in [6, 6.07) is 5.39. The summed E-state index contributed by atoms with van der Waals surface area (Å²) in [5, 5.41) is 3.18. The van der Waals surface area contributed by atoms with Crippen molar-refractivity contribution in [3.8, 4) is 28.7 Å². The van der Waals surface area contributed by atoms with Crippen LogP contribution in [0.1, 0.15) is 32.3 Å². The Morgan fingerprint density at radius 3 is 2.50 bits per heavy atom. The van der Waals surface area contributed by atoms with Gasteiger partial charge in [-0.3, -0.25) is 0 Å². The summed E-state index contributed by atoms with van der Waals surface area (Å²) in [5.41, 5.74) is 9.72. The van der Waals surface area contributed by atoms with Crippen molar-refractivity contribution in [2.45, 2.75) is 33.1 Å². The fraction of sp³-hybridized carbons (Fsp3) is 0.273. The predicted molar refractivity (Wildman–Crippen MR) is 123 cm³/mol. The average Bonchev–Trinajstić information content (AvgIpc) is 3.22. The van der Waals surface area contributed by atoms with Crippen molar-refractivity contribution in [3.63, 3.8) is 0 Å². The van der Waals surface area contributed by atoms with Crippen LogP contribution in [-0.4, -0.2) is 42.0 Å². The van der Waals surface area contributed by atoms with Gasteiger partial charge in [0.05, 0.1) is 30.4 Å². The van der Waals surface area contributed by atoms with Gasteiger partial charge in [0.2, 0.25) is 11.8 Å². The first-order valence-corrected chi connectivity index (χ1v) is 10.0. The maximum atomic E-state index is 5.86. The van der Waals surface area contributed by atoms with Crippen molar-refractivity contribution >= 4 is 17.5 Å². The maximum absolute atomic E-state index is 5.86. The number of imidazole rings is 1. The van der Waals surface area contributed by atoms with E-state index in [4.69, 9.17) is 15.5 Å². The second-order valence-electron chi connectivity index (χ2n) is 8.26. The van der Waals surface area contributed by atoms with Crippen LogP contribution in [0.2, 0.25) is 0 Å². The number of methoxy groups -OCH3 is 1. The van der Waals surface area contributed by atoms with Crippen molar-refractivity contribution in [3.05, 3.63) is 48.3 Å². The number of nitrogen functional groups attached to an aromatic ring is 1. The number of nitrogens with two attached hydrogens (primary N) is 1. The number of aryl methyl sites for hydroxylation is 1. The van der Waals surface area contributed by atoms with Crippen LogP contribution in [0.3, 0.4) is 0 Å². The van der Waals surface area contributed by atoms with Crippen molar-refractivity contribution in [2.75, 3.05) is 18.2 Å². The molecule has 0 saturated heterocycles. The maximum Gasteiger partial charge on any atom is 0.227 e. The Labute approximate surface area is 185 Å². The molecule has 4 heterocycles. The monoisotopic (exact) mass is 431 g/mol. The molecule has 0 radical (unpaired) electrons. The SMILES string of the molecule is COc1cc(Nc2nccc(-c3[nH]c(C(C)(C)C)nc3-c3cnc(N)c(C)n3)n2)ccn1. The van der Waals surface area contributed by atoms with E-state index in [1.165, 1.54) is 0 Å². The number of pyridine rings is 1. The molecule has 0 aliphatic rings. The minimum atomic E-state index is -0.203. The van der Waals surface area contributed by atoms with E-state index < -0.39 is 0 Å². The van der Waals surface area contributed by atoms with Crippen LogP contribution in [0.15, 0.2) is 36.8 Å². The quantitative estimate of drug-likeness (QED) is 0.431. The number of nitrogens with one attached hydrogen (secondary N) is 2. The van der Waals surface area contributed by atoms with Gasteiger partial charge in [-0.15, -0.1) is 0 Å². The molecular formula is C22H25N9O. The number of hydrogen-bond donors (Lipinski definition) is 3. The second kappa shape index (κ2) is 8.22. The van der Waals surface area contributed by atoms with Gasteiger partial charge in [0, 0.05) is 29.6 Å². The summed E-state index contributed by atoms with van der Waals surface area (Å²) in [6.07, 6.45) is 4.96. The highest BCUT2D eigenvalue weighted by Crippen LogP contribution is 2.32. The molecule has 10 heteroatoms. The van der Waals surface area contributed by atoms with Gasteiger partial charge >= 0.3 is 0 Å². The summed E-state index contributed by atoms with van der Waals surface area (Å²) in [5.74, 6) is 2.12. The number of nitrogens with zero attached hydrogens (tertiary/aromatic N) is 6. The smallest absolute Gasteiger partial charge is 0.227 e. The summed E-state index contributed by atoms with van der Waals surface area (Å²) in [6.45, 7) is 8.08. The molecule has 0 bridgehead atoms. The zero-order valence-corrected chi connectivity index (χ0v) is 18.6. The molecule has 0 saturated carbocycles. The van der Waals surface area contributed by atoms with E-state index >= 15 is 0 Å². The minimum Gasteiger partial charge on any atom is -0.481 e. The lowest BCUT2D eigenvalue weighted by atomic mass is 9.96. The lowest BCUT2D eigenvalue weighted by molar-refractivity contribution is 0.398. The zero-order chi connectivity index (χ0) is 22.9. The standard InChI is InChI=1S/C22H25N9O/c1-12-19(23)26-11-15(27-12)18-17(30-20(31-18)22(2,3)4)14-7-9-25-21(29-14)28-13-6-8-24-16(10-13)32-5/h6-11H,1-5H3,(H2,23,26)(H,30,31)(H,24,25,28,29). The van der Waals surface area contributed by atoms with Crippen molar-refractivity contribution < 1.29 is 4.74 Å². The Morgan fingerprint density at radius 2 is 1.78 bits per heavy atom. The number of aromatic amines is 1. The van der Waals surface area contributed by atoms with Crippen LogP contribution < -0.4 is 15.8 Å². The van der Waals surface area contributed by atoms with E-state index in [0.717, 1.165) is 17.2 Å². The largest absolute Gasteiger partial charge is 0.481 e. The molecule has 0 amide bonds. The number of ether oxygens (including phenoxy) is 1. The van der Waals surface area contributed by atoms with Gasteiger partial charge < -0.3 is 20.8 Å². The van der Waals surface area contributed by atoms with Gasteiger partial charge in [0.1, 0.15) is 23.0 Å². The Bertz CT molecular complexity index is 1260.